The molecule has 1 aliphatic rings. The van der Waals surface area contributed by atoms with Gasteiger partial charge >= 0.3 is 5.97 Å². The van der Waals surface area contributed by atoms with Gasteiger partial charge in [0, 0.05) is 12.8 Å². The molecular formula is C59H103NO10. The number of esters is 1. The highest BCUT2D eigenvalue weighted by Gasteiger charge is 2.44. The lowest BCUT2D eigenvalue weighted by Gasteiger charge is -2.40. The van der Waals surface area contributed by atoms with E-state index in [1.165, 1.54) is 116 Å². The Morgan fingerprint density at radius 1 is 0.529 bits per heavy atom. The zero-order chi connectivity index (χ0) is 51.0. The minimum absolute atomic E-state index is 0.0456. The highest BCUT2D eigenvalue weighted by molar-refractivity contribution is 5.76. The summed E-state index contributed by atoms with van der Waals surface area (Å²) in [5, 5.41) is 54.1. The van der Waals surface area contributed by atoms with E-state index in [1.807, 2.05) is 18.2 Å². The van der Waals surface area contributed by atoms with E-state index in [4.69, 9.17) is 14.2 Å². The lowest BCUT2D eigenvalue weighted by molar-refractivity contribution is -0.302. The van der Waals surface area contributed by atoms with Crippen LogP contribution in [0.4, 0.5) is 0 Å². The number of unbranched alkanes of at least 4 members (excludes halogenated alkanes) is 23. The first-order valence-corrected chi connectivity index (χ1v) is 28.2. The standard InChI is InChI=1S/C59H103NO10/c1-3-5-7-9-11-13-15-16-17-18-19-20-21-24-27-31-35-39-43-47-55(64)68-48-44-40-36-32-28-25-22-23-26-30-34-38-42-46-54(63)60-51(50-69-59-58(67)57(66)56(65)53(49-61)70-59)52(62)45-41-37-33-29-14-12-10-8-6-4-2/h11,13-14,16-17,23,26,29,34,38,41,45,51-53,56-59,61-62,65-67H,3-10,12,15,18-22,24-25,27-28,30-33,35-37,39-40,42-44,46-50H2,1-2H3,(H,60,63)/b13-11-,17-16-,26-23-,29-14+,38-34-,45-41+. The molecule has 0 spiro atoms. The van der Waals surface area contributed by atoms with Crippen LogP contribution in [0.3, 0.4) is 0 Å². The Balaban J connectivity index is 2.13. The van der Waals surface area contributed by atoms with E-state index in [9.17, 15) is 35.1 Å². The number of allylic oxidation sites excluding steroid dienone is 11. The van der Waals surface area contributed by atoms with Gasteiger partial charge in [0.25, 0.3) is 0 Å². The van der Waals surface area contributed by atoms with Gasteiger partial charge in [0.05, 0.1) is 32.0 Å². The van der Waals surface area contributed by atoms with Gasteiger partial charge in [-0.05, 0) is 96.3 Å². The molecule has 1 amide bonds. The highest BCUT2D eigenvalue weighted by Crippen LogP contribution is 2.22. The van der Waals surface area contributed by atoms with Gasteiger partial charge in [-0.3, -0.25) is 9.59 Å². The quantitative estimate of drug-likeness (QED) is 0.0196. The van der Waals surface area contributed by atoms with Gasteiger partial charge in [0.1, 0.15) is 24.4 Å². The van der Waals surface area contributed by atoms with Crippen LogP contribution in [0.5, 0.6) is 0 Å². The molecule has 1 heterocycles. The summed E-state index contributed by atoms with van der Waals surface area (Å²) in [5.41, 5.74) is 0. The van der Waals surface area contributed by atoms with Crippen molar-refractivity contribution in [2.24, 2.45) is 0 Å². The Morgan fingerprint density at radius 2 is 0.986 bits per heavy atom. The first kappa shape index (κ1) is 65.1. The summed E-state index contributed by atoms with van der Waals surface area (Å²) < 4.78 is 16.6. The number of rotatable bonds is 47. The largest absolute Gasteiger partial charge is 0.466 e. The molecular weight excluding hydrogens is 883 g/mol. The van der Waals surface area contributed by atoms with Crippen molar-refractivity contribution < 1.29 is 49.3 Å². The maximum absolute atomic E-state index is 12.9. The fourth-order valence-corrected chi connectivity index (χ4v) is 8.23. The van der Waals surface area contributed by atoms with Crippen LogP contribution >= 0.6 is 0 Å². The Hall–Kier alpha value is -2.90. The van der Waals surface area contributed by atoms with Gasteiger partial charge in [-0.1, -0.05) is 189 Å². The van der Waals surface area contributed by atoms with E-state index in [-0.39, 0.29) is 24.9 Å². The lowest BCUT2D eigenvalue weighted by Crippen LogP contribution is -2.60. The minimum atomic E-state index is -1.59. The van der Waals surface area contributed by atoms with E-state index < -0.39 is 49.5 Å². The van der Waals surface area contributed by atoms with Gasteiger partial charge in [-0.2, -0.15) is 0 Å². The molecule has 0 aromatic rings. The summed E-state index contributed by atoms with van der Waals surface area (Å²) in [6, 6.07) is -0.872. The summed E-state index contributed by atoms with van der Waals surface area (Å²) in [6.07, 6.45) is 53.0. The van der Waals surface area contributed by atoms with Crippen molar-refractivity contribution in [2.45, 2.75) is 269 Å². The number of hydrogen-bond donors (Lipinski definition) is 6. The molecule has 0 aromatic heterocycles. The van der Waals surface area contributed by atoms with Crippen molar-refractivity contribution in [3.05, 3.63) is 72.9 Å². The first-order chi connectivity index (χ1) is 34.2. The topological polar surface area (TPSA) is 175 Å². The van der Waals surface area contributed by atoms with Crippen LogP contribution in [0.1, 0.15) is 226 Å². The van der Waals surface area contributed by atoms with E-state index in [2.05, 4.69) is 67.8 Å². The Labute approximate surface area is 426 Å². The number of aliphatic hydroxyl groups is 5. The molecule has 7 atom stereocenters. The molecule has 1 saturated heterocycles. The van der Waals surface area contributed by atoms with Gasteiger partial charge in [0.2, 0.25) is 5.91 Å². The third kappa shape index (κ3) is 37.8. The molecule has 11 nitrogen and oxygen atoms in total. The Morgan fingerprint density at radius 3 is 1.56 bits per heavy atom. The van der Waals surface area contributed by atoms with Crippen molar-refractivity contribution in [1.29, 1.82) is 0 Å². The summed E-state index contributed by atoms with van der Waals surface area (Å²) >= 11 is 0. The van der Waals surface area contributed by atoms with Crippen LogP contribution in [0.2, 0.25) is 0 Å². The molecule has 6 N–H and O–H groups in total. The summed E-state index contributed by atoms with van der Waals surface area (Å²) in [6.45, 7) is 4.15. The van der Waals surface area contributed by atoms with Crippen LogP contribution in [-0.4, -0.2) is 100 Å². The van der Waals surface area contributed by atoms with Gasteiger partial charge in [-0.25, -0.2) is 0 Å². The van der Waals surface area contributed by atoms with Crippen LogP contribution in [0.15, 0.2) is 72.9 Å². The number of amides is 1. The second kappa shape index (κ2) is 48.4. The van der Waals surface area contributed by atoms with Gasteiger partial charge in [-0.15, -0.1) is 0 Å². The molecule has 404 valence electrons. The SMILES string of the molecule is CCCCC/C=C\C/C=C\CCCCCCCCCCCC(=O)OCCCCCCCC/C=C\C/C=C\CCC(=O)NC(COC1OC(CO)C(O)C(O)C1O)C(O)/C=C/CC/C=C/CCCCCC. The number of nitrogens with one attached hydrogen (secondary N) is 1. The lowest BCUT2D eigenvalue weighted by atomic mass is 9.99. The number of ether oxygens (including phenoxy) is 3. The van der Waals surface area contributed by atoms with E-state index in [0.717, 1.165) is 77.0 Å². The molecule has 70 heavy (non-hydrogen) atoms. The second-order valence-electron chi connectivity index (χ2n) is 19.3. The maximum Gasteiger partial charge on any atom is 0.305 e. The van der Waals surface area contributed by atoms with Crippen LogP contribution in [-0.2, 0) is 23.8 Å². The molecule has 0 radical (unpaired) electrons. The fourth-order valence-electron chi connectivity index (χ4n) is 8.23. The van der Waals surface area contributed by atoms with Gasteiger partial charge in [0.15, 0.2) is 6.29 Å². The van der Waals surface area contributed by atoms with Crippen LogP contribution in [0.25, 0.3) is 0 Å². The second-order valence-corrected chi connectivity index (χ2v) is 19.3. The summed E-state index contributed by atoms with van der Waals surface area (Å²) in [7, 11) is 0. The van der Waals surface area contributed by atoms with Crippen molar-refractivity contribution in [2.75, 3.05) is 19.8 Å². The Bertz CT molecular complexity index is 1390. The zero-order valence-corrected chi connectivity index (χ0v) is 44.2. The monoisotopic (exact) mass is 986 g/mol. The smallest absolute Gasteiger partial charge is 0.305 e. The van der Waals surface area contributed by atoms with Gasteiger partial charge < -0.3 is 45.1 Å². The molecule has 1 rings (SSSR count). The predicted molar refractivity (Wildman–Crippen MR) is 287 cm³/mol. The Kier molecular flexibility index (Phi) is 45.0. The van der Waals surface area contributed by atoms with E-state index in [0.29, 0.717) is 19.4 Å². The number of hydrogen-bond acceptors (Lipinski definition) is 10. The first-order valence-electron chi connectivity index (χ1n) is 28.2. The van der Waals surface area contributed by atoms with E-state index >= 15 is 0 Å². The van der Waals surface area contributed by atoms with Crippen molar-refractivity contribution in [3.63, 3.8) is 0 Å². The molecule has 0 bridgehead atoms. The number of carbonyl (C=O) groups excluding carboxylic acids is 2. The summed E-state index contributed by atoms with van der Waals surface area (Å²) in [4.78, 5) is 25.1. The van der Waals surface area contributed by atoms with Crippen LogP contribution in [0, 0.1) is 0 Å². The molecule has 7 unspecified atom stereocenters. The average Bonchev–Trinajstić information content (AvgIpc) is 3.36. The number of carbonyl (C=O) groups is 2. The predicted octanol–water partition coefficient (Wildman–Crippen LogP) is 12.4. The number of aliphatic hydroxyl groups excluding tert-OH is 5. The van der Waals surface area contributed by atoms with Crippen LogP contribution < -0.4 is 5.32 Å². The highest BCUT2D eigenvalue weighted by atomic mass is 16.7. The van der Waals surface area contributed by atoms with Crippen molar-refractivity contribution in [1.82, 2.24) is 5.32 Å². The minimum Gasteiger partial charge on any atom is -0.466 e. The third-order valence-electron chi connectivity index (χ3n) is 12.8. The van der Waals surface area contributed by atoms with Crippen molar-refractivity contribution >= 4 is 11.9 Å². The van der Waals surface area contributed by atoms with E-state index in [1.54, 1.807) is 6.08 Å². The molecule has 0 aliphatic carbocycles. The maximum atomic E-state index is 12.9. The average molecular weight is 986 g/mol. The fraction of sp³-hybridized carbons (Fsp3) is 0.763. The van der Waals surface area contributed by atoms with Crippen molar-refractivity contribution in [3.8, 4) is 0 Å². The normalized spacial score (nSPS) is 19.8. The molecule has 0 aromatic carbocycles. The third-order valence-corrected chi connectivity index (χ3v) is 12.8. The molecule has 1 aliphatic heterocycles. The summed E-state index contributed by atoms with van der Waals surface area (Å²) in [5.74, 6) is -0.322. The molecule has 0 saturated carbocycles. The molecule has 1 fully saturated rings. The zero-order valence-electron chi connectivity index (χ0n) is 44.2. The molecule has 11 heteroatoms.